The molecule has 2 aromatic heterocycles. The topological polar surface area (TPSA) is 124 Å². The van der Waals surface area contributed by atoms with Gasteiger partial charge in [-0.05, 0) is 13.0 Å². The number of anilines is 1. The lowest BCUT2D eigenvalue weighted by atomic mass is 10.1. The molecule has 0 aromatic carbocycles. The lowest BCUT2D eigenvalue weighted by Gasteiger charge is -2.35. The molecular weight excluding hydrogens is 488 g/mol. The number of H-pyrrole nitrogens is 1. The number of amides is 2. The number of piperazine rings is 1. The fourth-order valence-electron chi connectivity index (χ4n) is 3.26. The van der Waals surface area contributed by atoms with Crippen molar-refractivity contribution >= 4 is 17.8 Å². The molecule has 16 heteroatoms. The monoisotopic (exact) mass is 507 g/mol. The minimum atomic E-state index is -4.97. The van der Waals surface area contributed by atoms with Crippen molar-refractivity contribution in [3.63, 3.8) is 0 Å². The SMILES string of the molecule is CC(CC(=O)N1CCN(c2ncc(C(F)(F)F)cn2)CC1)NC(=O)c1cc(C(F)(F)F)c(=O)[nH]n1. The molecule has 3 heterocycles. The summed E-state index contributed by atoms with van der Waals surface area (Å²) in [6, 6.07) is -0.444. The molecule has 0 spiro atoms. The van der Waals surface area contributed by atoms with Gasteiger partial charge in [0.25, 0.3) is 11.5 Å². The third kappa shape index (κ3) is 6.45. The normalized spacial score (nSPS) is 15.6. The second kappa shape index (κ2) is 9.87. The first kappa shape index (κ1) is 25.9. The number of nitrogens with zero attached hydrogens (tertiary/aromatic N) is 5. The first-order chi connectivity index (χ1) is 16.3. The number of nitrogens with one attached hydrogen (secondary N) is 2. The molecule has 190 valence electrons. The molecule has 1 atom stereocenters. The smallest absolute Gasteiger partial charge is 0.348 e. The summed E-state index contributed by atoms with van der Waals surface area (Å²) in [5.41, 5.74) is -4.70. The van der Waals surface area contributed by atoms with Gasteiger partial charge in [-0.15, -0.1) is 0 Å². The summed E-state index contributed by atoms with van der Waals surface area (Å²) < 4.78 is 76.4. The quantitative estimate of drug-likeness (QED) is 0.588. The second-order valence-electron chi connectivity index (χ2n) is 7.71. The van der Waals surface area contributed by atoms with Gasteiger partial charge >= 0.3 is 12.4 Å². The number of aromatic nitrogens is 4. The fraction of sp³-hybridized carbons (Fsp3) is 0.474. The van der Waals surface area contributed by atoms with Crippen molar-refractivity contribution in [1.29, 1.82) is 0 Å². The van der Waals surface area contributed by atoms with Crippen molar-refractivity contribution in [2.45, 2.75) is 31.7 Å². The average Bonchev–Trinajstić information content (AvgIpc) is 2.78. The zero-order valence-corrected chi connectivity index (χ0v) is 18.1. The van der Waals surface area contributed by atoms with Gasteiger partial charge in [-0.1, -0.05) is 0 Å². The van der Waals surface area contributed by atoms with Gasteiger partial charge in [0.05, 0.1) is 5.56 Å². The lowest BCUT2D eigenvalue weighted by molar-refractivity contribution is -0.139. The van der Waals surface area contributed by atoms with Gasteiger partial charge in [-0.2, -0.15) is 31.4 Å². The highest BCUT2D eigenvalue weighted by atomic mass is 19.4. The molecule has 0 bridgehead atoms. The van der Waals surface area contributed by atoms with Crippen LogP contribution in [0.25, 0.3) is 0 Å². The first-order valence-electron chi connectivity index (χ1n) is 10.2. The number of rotatable bonds is 5. The Balaban J connectivity index is 1.52. The predicted molar refractivity (Wildman–Crippen MR) is 107 cm³/mol. The number of aromatic amines is 1. The Morgan fingerprint density at radius 3 is 2.20 bits per heavy atom. The van der Waals surface area contributed by atoms with Crippen LogP contribution in [0.2, 0.25) is 0 Å². The summed E-state index contributed by atoms with van der Waals surface area (Å²) in [6.45, 7) is 2.44. The zero-order valence-electron chi connectivity index (χ0n) is 18.1. The minimum Gasteiger partial charge on any atom is -0.348 e. The van der Waals surface area contributed by atoms with E-state index in [1.165, 1.54) is 11.8 Å². The van der Waals surface area contributed by atoms with Crippen LogP contribution in [-0.2, 0) is 17.1 Å². The molecule has 1 aliphatic heterocycles. The Bertz CT molecular complexity index is 1130. The molecule has 35 heavy (non-hydrogen) atoms. The maximum absolute atomic E-state index is 12.8. The van der Waals surface area contributed by atoms with Gasteiger partial charge in [-0.25, -0.2) is 15.1 Å². The summed E-state index contributed by atoms with van der Waals surface area (Å²) in [6.07, 6.45) is -8.33. The van der Waals surface area contributed by atoms with E-state index in [1.807, 2.05) is 0 Å². The third-order valence-electron chi connectivity index (χ3n) is 5.08. The highest BCUT2D eigenvalue weighted by Gasteiger charge is 2.35. The largest absolute Gasteiger partial charge is 0.421 e. The van der Waals surface area contributed by atoms with E-state index in [9.17, 15) is 40.7 Å². The summed E-state index contributed by atoms with van der Waals surface area (Å²) >= 11 is 0. The number of hydrogen-bond donors (Lipinski definition) is 2. The molecule has 2 N–H and O–H groups in total. The lowest BCUT2D eigenvalue weighted by Crippen LogP contribution is -2.50. The van der Waals surface area contributed by atoms with Crippen LogP contribution in [0.15, 0.2) is 23.3 Å². The number of carbonyl (C=O) groups is 2. The van der Waals surface area contributed by atoms with E-state index in [0.717, 1.165) is 0 Å². The van der Waals surface area contributed by atoms with Crippen molar-refractivity contribution in [2.75, 3.05) is 31.1 Å². The van der Waals surface area contributed by atoms with Crippen LogP contribution in [0, 0.1) is 0 Å². The van der Waals surface area contributed by atoms with E-state index in [0.29, 0.717) is 18.5 Å². The van der Waals surface area contributed by atoms with Crippen molar-refractivity contribution in [3.05, 3.63) is 45.6 Å². The van der Waals surface area contributed by atoms with Gasteiger partial charge in [0.15, 0.2) is 0 Å². The Morgan fingerprint density at radius 2 is 1.66 bits per heavy atom. The van der Waals surface area contributed by atoms with E-state index in [1.54, 1.807) is 10.00 Å². The van der Waals surface area contributed by atoms with Crippen LogP contribution in [0.3, 0.4) is 0 Å². The number of halogens is 6. The molecule has 1 unspecified atom stereocenters. The Morgan fingerprint density at radius 1 is 1.06 bits per heavy atom. The molecule has 2 amide bonds. The molecule has 0 saturated carbocycles. The summed E-state index contributed by atoms with van der Waals surface area (Å²) in [5, 5.41) is 7.28. The van der Waals surface area contributed by atoms with Crippen LogP contribution < -0.4 is 15.8 Å². The molecule has 2 aromatic rings. The second-order valence-corrected chi connectivity index (χ2v) is 7.71. The van der Waals surface area contributed by atoms with Crippen molar-refractivity contribution < 1.29 is 35.9 Å². The highest BCUT2D eigenvalue weighted by molar-refractivity contribution is 5.92. The summed E-state index contributed by atoms with van der Waals surface area (Å²) in [7, 11) is 0. The molecule has 3 rings (SSSR count). The molecular formula is C19H19F6N7O3. The van der Waals surface area contributed by atoms with Gasteiger partial charge in [0.2, 0.25) is 11.9 Å². The van der Waals surface area contributed by atoms with Crippen molar-refractivity contribution in [3.8, 4) is 0 Å². The number of alkyl halides is 6. The zero-order chi connectivity index (χ0) is 26.0. The minimum absolute atomic E-state index is 0.0948. The van der Waals surface area contributed by atoms with E-state index >= 15 is 0 Å². The highest BCUT2D eigenvalue weighted by Crippen LogP contribution is 2.28. The van der Waals surface area contributed by atoms with Crippen molar-refractivity contribution in [1.82, 2.24) is 30.4 Å². The van der Waals surface area contributed by atoms with Gasteiger partial charge in [0.1, 0.15) is 11.3 Å². The Hall–Kier alpha value is -3.72. The van der Waals surface area contributed by atoms with Gasteiger partial charge < -0.3 is 15.1 Å². The Labute approximate surface area is 193 Å². The molecule has 0 aliphatic carbocycles. The molecule has 1 fully saturated rings. The van der Waals surface area contributed by atoms with Gasteiger partial charge in [-0.3, -0.25) is 14.4 Å². The molecule has 1 aliphatic rings. The van der Waals surface area contributed by atoms with Crippen LogP contribution in [0.5, 0.6) is 0 Å². The van der Waals surface area contributed by atoms with Crippen LogP contribution in [0.1, 0.15) is 35.0 Å². The Kier molecular flexibility index (Phi) is 7.30. The summed E-state index contributed by atoms with van der Waals surface area (Å²) in [5.74, 6) is -1.26. The van der Waals surface area contributed by atoms with Crippen molar-refractivity contribution in [2.24, 2.45) is 0 Å². The van der Waals surface area contributed by atoms with Crippen LogP contribution >= 0.6 is 0 Å². The van der Waals surface area contributed by atoms with Crippen LogP contribution in [0.4, 0.5) is 32.3 Å². The standard InChI is InChI=1S/C19H19F6N7O3/c1-10(28-16(35)13-7-12(19(23,24)25)15(34)30-29-13)6-14(33)31-2-4-32(5-3-31)17-26-8-11(9-27-17)18(20,21)22/h7-10H,2-6H2,1H3,(H,28,35)(H,30,34). The average molecular weight is 507 g/mol. The number of hydrogen-bond acceptors (Lipinski definition) is 7. The van der Waals surface area contributed by atoms with E-state index in [2.05, 4.69) is 20.4 Å². The van der Waals surface area contributed by atoms with E-state index < -0.39 is 46.7 Å². The molecule has 0 radical (unpaired) electrons. The first-order valence-corrected chi connectivity index (χ1v) is 10.2. The predicted octanol–water partition coefficient (Wildman–Crippen LogP) is 1.45. The maximum atomic E-state index is 12.8. The van der Waals surface area contributed by atoms with E-state index in [4.69, 9.17) is 0 Å². The molecule has 1 saturated heterocycles. The molecule has 10 nitrogen and oxygen atoms in total. The summed E-state index contributed by atoms with van der Waals surface area (Å²) in [4.78, 5) is 46.6. The van der Waals surface area contributed by atoms with Gasteiger partial charge in [0, 0.05) is 51.0 Å². The third-order valence-corrected chi connectivity index (χ3v) is 5.08. The van der Waals surface area contributed by atoms with E-state index in [-0.39, 0.29) is 44.5 Å². The number of carbonyl (C=O) groups excluding carboxylic acids is 2. The maximum Gasteiger partial charge on any atom is 0.421 e. The van der Waals surface area contributed by atoms with Crippen LogP contribution in [-0.4, -0.2) is 69.1 Å². The fourth-order valence-corrected chi connectivity index (χ4v) is 3.26.